The molecule has 0 aliphatic carbocycles. The third-order valence-electron chi connectivity index (χ3n) is 1.88. The highest BCUT2D eigenvalue weighted by atomic mass is 32.1. The van der Waals surface area contributed by atoms with E-state index >= 15 is 0 Å². The second-order valence-electron chi connectivity index (χ2n) is 2.70. The van der Waals surface area contributed by atoms with E-state index in [2.05, 4.69) is 27.8 Å². The lowest BCUT2D eigenvalue weighted by atomic mass is 10.1. The molecule has 3 heteroatoms. The van der Waals surface area contributed by atoms with Crippen molar-refractivity contribution < 1.29 is 0 Å². The monoisotopic (exact) mass is 220 g/mol. The van der Waals surface area contributed by atoms with E-state index in [0.717, 1.165) is 16.9 Å². The molecule has 0 saturated heterocycles. The Morgan fingerprint density at radius 1 is 1.27 bits per heavy atom. The third-order valence-corrected chi connectivity index (χ3v) is 2.47. The molecule has 0 unspecified atom stereocenters. The maximum absolute atomic E-state index is 4.25. The lowest BCUT2D eigenvalue weighted by molar-refractivity contribution is 1.40. The summed E-state index contributed by atoms with van der Waals surface area (Å²) in [4.78, 5) is 4.25. The summed E-state index contributed by atoms with van der Waals surface area (Å²) < 4.78 is 0. The largest absolute Gasteiger partial charge is 0.388 e. The topological polar surface area (TPSA) is 24.9 Å². The lowest BCUT2D eigenvalue weighted by Crippen LogP contribution is -1.87. The van der Waals surface area contributed by atoms with Crippen LogP contribution in [0.1, 0.15) is 13.8 Å². The van der Waals surface area contributed by atoms with E-state index in [9.17, 15) is 0 Å². The fourth-order valence-electron chi connectivity index (χ4n) is 1.19. The highest BCUT2D eigenvalue weighted by molar-refractivity contribution is 7.07. The highest BCUT2D eigenvalue weighted by Crippen LogP contribution is 2.21. The number of rotatable bonds is 2. The summed E-state index contributed by atoms with van der Waals surface area (Å²) in [6.45, 7) is 4.00. The molecule has 0 bridgehead atoms. The van der Waals surface area contributed by atoms with Crippen LogP contribution in [0, 0.1) is 0 Å². The van der Waals surface area contributed by atoms with Crippen molar-refractivity contribution in [1.82, 2.24) is 4.98 Å². The molecule has 15 heavy (non-hydrogen) atoms. The molecule has 0 radical (unpaired) electrons. The summed E-state index contributed by atoms with van der Waals surface area (Å²) in [5.74, 6) is 0. The molecule has 1 N–H and O–H groups in total. The zero-order valence-corrected chi connectivity index (χ0v) is 10.1. The average Bonchev–Trinajstić information content (AvgIpc) is 2.85. The third kappa shape index (κ3) is 3.06. The van der Waals surface area contributed by atoms with Crippen LogP contribution in [0.15, 0.2) is 35.2 Å². The molecule has 80 valence electrons. The first-order chi connectivity index (χ1) is 7.40. The van der Waals surface area contributed by atoms with Crippen LogP contribution in [0.2, 0.25) is 0 Å². The van der Waals surface area contributed by atoms with Gasteiger partial charge in [-0.1, -0.05) is 26.0 Å². The molecule has 1 aromatic heterocycles. The van der Waals surface area contributed by atoms with Gasteiger partial charge < -0.3 is 5.32 Å². The SMILES string of the molecule is CC.CNc1cccc(-c2cscn2)c1. The number of thiazole rings is 1. The van der Waals surface area contributed by atoms with Crippen molar-refractivity contribution in [1.29, 1.82) is 0 Å². The van der Waals surface area contributed by atoms with E-state index < -0.39 is 0 Å². The number of aromatic nitrogens is 1. The molecule has 0 spiro atoms. The van der Waals surface area contributed by atoms with E-state index in [1.807, 2.05) is 38.5 Å². The van der Waals surface area contributed by atoms with Gasteiger partial charge in [-0.05, 0) is 12.1 Å². The summed E-state index contributed by atoms with van der Waals surface area (Å²) >= 11 is 1.62. The number of nitrogens with one attached hydrogen (secondary N) is 1. The number of nitrogens with zero attached hydrogens (tertiary/aromatic N) is 1. The van der Waals surface area contributed by atoms with Gasteiger partial charge in [-0.2, -0.15) is 0 Å². The summed E-state index contributed by atoms with van der Waals surface area (Å²) in [5, 5.41) is 5.16. The lowest BCUT2D eigenvalue weighted by Gasteiger charge is -2.01. The van der Waals surface area contributed by atoms with Gasteiger partial charge in [0, 0.05) is 23.7 Å². The molecule has 0 atom stereocenters. The van der Waals surface area contributed by atoms with Crippen molar-refractivity contribution >= 4 is 17.0 Å². The molecule has 0 aliphatic heterocycles. The predicted octanol–water partition coefficient (Wildman–Crippen LogP) is 3.88. The first-order valence-corrected chi connectivity index (χ1v) is 6.01. The normalized spacial score (nSPS) is 9.00. The Bertz CT molecular complexity index is 382. The van der Waals surface area contributed by atoms with Crippen molar-refractivity contribution in [3.63, 3.8) is 0 Å². The second kappa shape index (κ2) is 6.19. The van der Waals surface area contributed by atoms with Gasteiger partial charge in [0.1, 0.15) is 0 Å². The summed E-state index contributed by atoms with van der Waals surface area (Å²) in [7, 11) is 1.92. The Hall–Kier alpha value is -1.35. The van der Waals surface area contributed by atoms with Crippen LogP contribution in [0.4, 0.5) is 5.69 Å². The number of hydrogen-bond acceptors (Lipinski definition) is 3. The van der Waals surface area contributed by atoms with Crippen LogP contribution in [0.25, 0.3) is 11.3 Å². The Morgan fingerprint density at radius 2 is 2.07 bits per heavy atom. The first-order valence-electron chi connectivity index (χ1n) is 5.06. The Morgan fingerprint density at radius 3 is 2.67 bits per heavy atom. The fourth-order valence-corrected chi connectivity index (χ4v) is 1.75. The number of anilines is 1. The molecule has 0 saturated carbocycles. The maximum Gasteiger partial charge on any atom is 0.0811 e. The standard InChI is InChI=1S/C10H10N2S.C2H6/c1-11-9-4-2-3-8(5-9)10-6-13-7-12-10;1-2/h2-7,11H,1H3;1-2H3. The maximum atomic E-state index is 4.25. The van der Waals surface area contributed by atoms with Crippen molar-refractivity contribution in [2.45, 2.75) is 13.8 Å². The molecular formula is C12H16N2S. The number of benzene rings is 1. The molecule has 0 amide bonds. The Balaban J connectivity index is 0.000000531. The highest BCUT2D eigenvalue weighted by Gasteiger charge is 1.99. The summed E-state index contributed by atoms with van der Waals surface area (Å²) in [6, 6.07) is 8.22. The van der Waals surface area contributed by atoms with Crippen molar-refractivity contribution in [2.24, 2.45) is 0 Å². The minimum Gasteiger partial charge on any atom is -0.388 e. The van der Waals surface area contributed by atoms with Gasteiger partial charge in [-0.25, -0.2) is 4.98 Å². The van der Waals surface area contributed by atoms with Gasteiger partial charge in [-0.3, -0.25) is 0 Å². The predicted molar refractivity (Wildman–Crippen MR) is 68.4 cm³/mol. The van der Waals surface area contributed by atoms with Crippen molar-refractivity contribution in [3.8, 4) is 11.3 Å². The minimum absolute atomic E-state index is 1.04. The second-order valence-corrected chi connectivity index (χ2v) is 3.42. The van der Waals surface area contributed by atoms with E-state index in [1.165, 1.54) is 0 Å². The van der Waals surface area contributed by atoms with Crippen LogP contribution >= 0.6 is 11.3 Å². The van der Waals surface area contributed by atoms with Crippen LogP contribution in [0.3, 0.4) is 0 Å². The van der Waals surface area contributed by atoms with Gasteiger partial charge in [0.05, 0.1) is 11.2 Å². The molecule has 0 aliphatic rings. The van der Waals surface area contributed by atoms with E-state index in [-0.39, 0.29) is 0 Å². The smallest absolute Gasteiger partial charge is 0.0811 e. The molecule has 1 aromatic carbocycles. The van der Waals surface area contributed by atoms with Gasteiger partial charge in [0.2, 0.25) is 0 Å². The van der Waals surface area contributed by atoms with Gasteiger partial charge in [-0.15, -0.1) is 11.3 Å². The van der Waals surface area contributed by atoms with Crippen LogP contribution in [-0.2, 0) is 0 Å². The van der Waals surface area contributed by atoms with Crippen LogP contribution in [-0.4, -0.2) is 12.0 Å². The quantitative estimate of drug-likeness (QED) is 0.830. The van der Waals surface area contributed by atoms with Crippen molar-refractivity contribution in [2.75, 3.05) is 12.4 Å². The molecule has 0 fully saturated rings. The molecular weight excluding hydrogens is 204 g/mol. The minimum atomic E-state index is 1.04. The van der Waals surface area contributed by atoms with Crippen molar-refractivity contribution in [3.05, 3.63) is 35.2 Å². The Labute approximate surface area is 95.0 Å². The Kier molecular flexibility index (Phi) is 4.84. The van der Waals surface area contributed by atoms with E-state index in [4.69, 9.17) is 0 Å². The fraction of sp³-hybridized carbons (Fsp3) is 0.250. The van der Waals surface area contributed by atoms with Gasteiger partial charge >= 0.3 is 0 Å². The summed E-state index contributed by atoms with van der Waals surface area (Å²) in [5.41, 5.74) is 5.17. The molecule has 2 aromatic rings. The van der Waals surface area contributed by atoms with Crippen LogP contribution < -0.4 is 5.32 Å². The van der Waals surface area contributed by atoms with E-state index in [0.29, 0.717) is 0 Å². The first kappa shape index (κ1) is 11.7. The number of hydrogen-bond donors (Lipinski definition) is 1. The summed E-state index contributed by atoms with van der Waals surface area (Å²) in [6.07, 6.45) is 0. The van der Waals surface area contributed by atoms with Crippen LogP contribution in [0.5, 0.6) is 0 Å². The molecule has 1 heterocycles. The average molecular weight is 220 g/mol. The molecule has 2 rings (SSSR count). The zero-order chi connectivity index (χ0) is 11.1. The van der Waals surface area contributed by atoms with Gasteiger partial charge in [0.25, 0.3) is 0 Å². The van der Waals surface area contributed by atoms with E-state index in [1.54, 1.807) is 11.3 Å². The van der Waals surface area contributed by atoms with Gasteiger partial charge in [0.15, 0.2) is 0 Å². The zero-order valence-electron chi connectivity index (χ0n) is 9.32. The molecule has 2 nitrogen and oxygen atoms in total.